The molecule has 90 valence electrons. The van der Waals surface area contributed by atoms with Gasteiger partial charge in [0.25, 0.3) is 5.56 Å². The van der Waals surface area contributed by atoms with Crippen molar-refractivity contribution in [1.29, 1.82) is 0 Å². The summed E-state index contributed by atoms with van der Waals surface area (Å²) >= 11 is 0. The zero-order valence-electron chi connectivity index (χ0n) is 10.2. The minimum atomic E-state index is -0.174. The van der Waals surface area contributed by atoms with Gasteiger partial charge < -0.3 is 5.73 Å². The van der Waals surface area contributed by atoms with Crippen LogP contribution in [0.5, 0.6) is 0 Å². The molecule has 1 atom stereocenters. The number of fused-ring (bicyclic) bond motifs is 1. The van der Waals surface area contributed by atoms with E-state index in [1.807, 2.05) is 32.0 Å². The number of hydrogen-bond donors (Lipinski definition) is 1. The molecule has 0 bridgehead atoms. The lowest BCUT2D eigenvalue weighted by Crippen LogP contribution is -2.33. The first-order valence-electron chi connectivity index (χ1n) is 5.43. The van der Waals surface area contributed by atoms with Crippen molar-refractivity contribution in [1.82, 2.24) is 14.5 Å². The fourth-order valence-corrected chi connectivity index (χ4v) is 1.80. The fourth-order valence-electron chi connectivity index (χ4n) is 1.80. The van der Waals surface area contributed by atoms with Crippen LogP contribution in [0.1, 0.15) is 13.1 Å². The SMILES string of the molecule is CC(N(C)C)n1c(=O)c(N)cc2ccncc21. The molecule has 1 unspecified atom stereocenters. The van der Waals surface area contributed by atoms with Gasteiger partial charge in [0.2, 0.25) is 0 Å². The Bertz CT molecular complexity index is 603. The van der Waals surface area contributed by atoms with Crippen molar-refractivity contribution >= 4 is 16.6 Å². The van der Waals surface area contributed by atoms with Gasteiger partial charge in [0.05, 0.1) is 23.6 Å². The quantitative estimate of drug-likeness (QED) is 0.841. The van der Waals surface area contributed by atoms with Gasteiger partial charge in [-0.15, -0.1) is 0 Å². The first kappa shape index (κ1) is 11.6. The van der Waals surface area contributed by atoms with Gasteiger partial charge >= 0.3 is 0 Å². The maximum Gasteiger partial charge on any atom is 0.275 e. The summed E-state index contributed by atoms with van der Waals surface area (Å²) in [6.45, 7) is 1.95. The average Bonchev–Trinajstić information content (AvgIpc) is 2.30. The van der Waals surface area contributed by atoms with Gasteiger partial charge in [0.15, 0.2) is 0 Å². The normalized spacial score (nSPS) is 13.2. The number of aromatic nitrogens is 2. The molecule has 2 aromatic heterocycles. The van der Waals surface area contributed by atoms with Gasteiger partial charge in [0, 0.05) is 11.6 Å². The molecule has 0 spiro atoms. The van der Waals surface area contributed by atoms with Crippen molar-refractivity contribution in [2.24, 2.45) is 0 Å². The smallest absolute Gasteiger partial charge is 0.275 e. The fraction of sp³-hybridized carbons (Fsp3) is 0.333. The Morgan fingerprint density at radius 2 is 2.18 bits per heavy atom. The van der Waals surface area contributed by atoms with E-state index in [0.717, 1.165) is 10.9 Å². The minimum Gasteiger partial charge on any atom is -0.394 e. The van der Waals surface area contributed by atoms with E-state index in [-0.39, 0.29) is 17.4 Å². The van der Waals surface area contributed by atoms with Crippen LogP contribution in [-0.4, -0.2) is 28.5 Å². The zero-order chi connectivity index (χ0) is 12.6. The number of rotatable bonds is 2. The number of anilines is 1. The molecule has 2 rings (SSSR count). The number of nitrogens with zero attached hydrogens (tertiary/aromatic N) is 3. The molecule has 0 aliphatic carbocycles. The lowest BCUT2D eigenvalue weighted by molar-refractivity contribution is 0.240. The van der Waals surface area contributed by atoms with Crippen LogP contribution in [0.25, 0.3) is 10.9 Å². The van der Waals surface area contributed by atoms with Gasteiger partial charge in [-0.2, -0.15) is 0 Å². The van der Waals surface area contributed by atoms with Crippen molar-refractivity contribution in [3.63, 3.8) is 0 Å². The Morgan fingerprint density at radius 1 is 1.47 bits per heavy atom. The van der Waals surface area contributed by atoms with Crippen LogP contribution in [0.15, 0.2) is 29.3 Å². The van der Waals surface area contributed by atoms with E-state index in [4.69, 9.17) is 5.73 Å². The molecule has 2 aromatic rings. The molecule has 17 heavy (non-hydrogen) atoms. The predicted molar refractivity (Wildman–Crippen MR) is 68.8 cm³/mol. The summed E-state index contributed by atoms with van der Waals surface area (Å²) < 4.78 is 1.66. The maximum absolute atomic E-state index is 12.1. The second kappa shape index (κ2) is 4.18. The van der Waals surface area contributed by atoms with Gasteiger partial charge in [0.1, 0.15) is 0 Å². The largest absolute Gasteiger partial charge is 0.394 e. The molecule has 5 heteroatoms. The van der Waals surface area contributed by atoms with Crippen molar-refractivity contribution in [2.75, 3.05) is 19.8 Å². The Hall–Kier alpha value is -1.88. The maximum atomic E-state index is 12.1. The minimum absolute atomic E-state index is 0.0716. The topological polar surface area (TPSA) is 64.2 Å². The van der Waals surface area contributed by atoms with Crippen molar-refractivity contribution < 1.29 is 0 Å². The molecule has 0 amide bonds. The van der Waals surface area contributed by atoms with Crippen molar-refractivity contribution in [2.45, 2.75) is 13.1 Å². The Balaban J connectivity index is 2.83. The Labute approximate surface area is 99.5 Å². The third kappa shape index (κ3) is 1.89. The van der Waals surface area contributed by atoms with Gasteiger partial charge in [-0.1, -0.05) is 0 Å². The van der Waals surface area contributed by atoms with Crippen LogP contribution in [-0.2, 0) is 0 Å². The second-order valence-corrected chi connectivity index (χ2v) is 4.30. The summed E-state index contributed by atoms with van der Waals surface area (Å²) in [5.74, 6) is 0. The summed E-state index contributed by atoms with van der Waals surface area (Å²) in [5.41, 5.74) is 6.64. The van der Waals surface area contributed by atoms with E-state index in [2.05, 4.69) is 4.98 Å². The third-order valence-corrected chi connectivity index (χ3v) is 2.99. The van der Waals surface area contributed by atoms with Crippen molar-refractivity contribution in [3.8, 4) is 0 Å². The van der Waals surface area contributed by atoms with Gasteiger partial charge in [-0.05, 0) is 33.2 Å². The summed E-state index contributed by atoms with van der Waals surface area (Å²) in [5, 5.41) is 0.922. The van der Waals surface area contributed by atoms with E-state index >= 15 is 0 Å². The molecule has 0 fully saturated rings. The lowest BCUT2D eigenvalue weighted by Gasteiger charge is -2.24. The van der Waals surface area contributed by atoms with Crippen LogP contribution >= 0.6 is 0 Å². The summed E-state index contributed by atoms with van der Waals surface area (Å²) in [6.07, 6.45) is 3.31. The number of nitrogens with two attached hydrogens (primary N) is 1. The van der Waals surface area contributed by atoms with E-state index in [1.54, 1.807) is 23.0 Å². The van der Waals surface area contributed by atoms with Crippen molar-refractivity contribution in [3.05, 3.63) is 34.9 Å². The molecule has 0 aliphatic heterocycles. The highest BCUT2D eigenvalue weighted by atomic mass is 16.1. The standard InChI is InChI=1S/C12H16N4O/c1-8(15(2)3)16-11-7-14-5-4-9(11)6-10(13)12(16)17/h4-8H,13H2,1-3H3. The first-order valence-corrected chi connectivity index (χ1v) is 5.43. The van der Waals surface area contributed by atoms with Crippen LogP contribution in [0.4, 0.5) is 5.69 Å². The highest BCUT2D eigenvalue weighted by molar-refractivity contribution is 5.80. The monoisotopic (exact) mass is 232 g/mol. The molecule has 0 radical (unpaired) electrons. The van der Waals surface area contributed by atoms with Crippen LogP contribution < -0.4 is 11.3 Å². The zero-order valence-corrected chi connectivity index (χ0v) is 10.2. The van der Waals surface area contributed by atoms with E-state index in [9.17, 15) is 4.79 Å². The molecule has 5 nitrogen and oxygen atoms in total. The van der Waals surface area contributed by atoms with E-state index in [1.165, 1.54) is 0 Å². The lowest BCUT2D eigenvalue weighted by atomic mass is 10.2. The molecule has 2 N–H and O–H groups in total. The third-order valence-electron chi connectivity index (χ3n) is 2.99. The highest BCUT2D eigenvalue weighted by Gasteiger charge is 2.14. The molecule has 0 saturated heterocycles. The number of pyridine rings is 2. The molecular formula is C12H16N4O. The van der Waals surface area contributed by atoms with Crippen LogP contribution in [0.3, 0.4) is 0 Å². The van der Waals surface area contributed by atoms with Crippen LogP contribution in [0.2, 0.25) is 0 Å². The second-order valence-electron chi connectivity index (χ2n) is 4.30. The Kier molecular flexibility index (Phi) is 2.85. The van der Waals surface area contributed by atoms with E-state index in [0.29, 0.717) is 0 Å². The average molecular weight is 232 g/mol. The molecule has 0 aliphatic rings. The highest BCUT2D eigenvalue weighted by Crippen LogP contribution is 2.17. The number of hydrogen-bond acceptors (Lipinski definition) is 4. The summed E-state index contributed by atoms with van der Waals surface area (Å²) in [7, 11) is 3.84. The van der Waals surface area contributed by atoms with E-state index < -0.39 is 0 Å². The van der Waals surface area contributed by atoms with Crippen LogP contribution in [0, 0.1) is 0 Å². The first-order chi connectivity index (χ1) is 8.02. The molecule has 0 saturated carbocycles. The van der Waals surface area contributed by atoms with Gasteiger partial charge in [-0.25, -0.2) is 0 Å². The summed E-state index contributed by atoms with van der Waals surface area (Å²) in [4.78, 5) is 18.1. The number of nitrogen functional groups attached to an aromatic ring is 1. The van der Waals surface area contributed by atoms with Gasteiger partial charge in [-0.3, -0.25) is 19.2 Å². The molecular weight excluding hydrogens is 216 g/mol. The predicted octanol–water partition coefficient (Wildman–Crippen LogP) is 1.06. The summed E-state index contributed by atoms with van der Waals surface area (Å²) in [6, 6.07) is 3.54. The molecule has 0 aromatic carbocycles. The Morgan fingerprint density at radius 3 is 2.82 bits per heavy atom. The molecule has 2 heterocycles.